The molecule has 2 aliphatic heterocycles. The van der Waals surface area contributed by atoms with Gasteiger partial charge in [-0.3, -0.25) is 0 Å². The number of benzene rings is 8. The molecule has 8 aromatic carbocycles. The third-order valence-corrected chi connectivity index (χ3v) is 13.7. The van der Waals surface area contributed by atoms with Crippen molar-refractivity contribution in [2.24, 2.45) is 0 Å². The second-order valence-electron chi connectivity index (χ2n) is 19.7. The summed E-state index contributed by atoms with van der Waals surface area (Å²) in [6.45, 7) is 12.1. The fraction of sp³-hybridized carbons (Fsp3) is 0.176. The third-order valence-electron chi connectivity index (χ3n) is 13.7. The minimum Gasteiger partial charge on any atom is -0.496 e. The Balaban J connectivity index is 0.000000172. The first-order valence-corrected chi connectivity index (χ1v) is 26.9. The first kappa shape index (κ1) is 54.2. The average molecular weight is 1090 g/mol. The van der Waals surface area contributed by atoms with E-state index in [4.69, 9.17) is 46.7 Å². The molecule has 82 heavy (non-hydrogen) atoms. The molecule has 0 saturated carbocycles. The molecule has 0 bridgehead atoms. The highest BCUT2D eigenvalue weighted by molar-refractivity contribution is 5.64. The van der Waals surface area contributed by atoms with Gasteiger partial charge in [0, 0.05) is 44.5 Å². The van der Waals surface area contributed by atoms with Gasteiger partial charge in [0.05, 0.1) is 26.4 Å². The molecule has 10 aromatic rings. The van der Waals surface area contributed by atoms with Gasteiger partial charge in [-0.15, -0.1) is 20.4 Å². The molecule has 0 aliphatic carbocycles. The number of hydrogen-bond acceptors (Lipinski definition) is 14. The van der Waals surface area contributed by atoms with Crippen molar-refractivity contribution in [3.8, 4) is 103 Å². The van der Waals surface area contributed by atoms with E-state index < -0.39 is 0 Å². The minimum atomic E-state index is -0.0615. The maximum Gasteiger partial charge on any atom is 0.248 e. The highest BCUT2D eigenvalue weighted by Gasteiger charge is 2.39. The predicted molar refractivity (Wildman–Crippen MR) is 315 cm³/mol. The van der Waals surface area contributed by atoms with Crippen LogP contribution in [0.5, 0.6) is 57.5 Å². The molecule has 14 nitrogen and oxygen atoms in total. The number of aromatic nitrogens is 4. The van der Waals surface area contributed by atoms with Crippen LogP contribution in [0.2, 0.25) is 0 Å². The van der Waals surface area contributed by atoms with Crippen molar-refractivity contribution in [1.82, 2.24) is 20.4 Å². The van der Waals surface area contributed by atoms with Gasteiger partial charge in [-0.25, -0.2) is 0 Å². The molecule has 4 unspecified atom stereocenters. The second kappa shape index (κ2) is 24.3. The summed E-state index contributed by atoms with van der Waals surface area (Å²) in [7, 11) is 3.32. The van der Waals surface area contributed by atoms with Crippen LogP contribution < -0.4 is 28.4 Å². The molecule has 2 aliphatic rings. The molecule has 4 heterocycles. The molecular formula is C68H60N4O10. The fourth-order valence-electron chi connectivity index (χ4n) is 9.17. The van der Waals surface area contributed by atoms with Crippen LogP contribution in [0.4, 0.5) is 0 Å². The zero-order chi connectivity index (χ0) is 56.7. The summed E-state index contributed by atoms with van der Waals surface area (Å²) in [5, 5.41) is 16.8. The molecule has 2 fully saturated rings. The highest BCUT2D eigenvalue weighted by Crippen LogP contribution is 2.47. The Morgan fingerprint density at radius 3 is 1.07 bits per heavy atom. The zero-order valence-electron chi connectivity index (χ0n) is 46.7. The van der Waals surface area contributed by atoms with Crippen molar-refractivity contribution in [3.63, 3.8) is 0 Å². The van der Waals surface area contributed by atoms with Crippen molar-refractivity contribution in [2.45, 2.75) is 66.0 Å². The van der Waals surface area contributed by atoms with Gasteiger partial charge in [-0.05, 0) is 187 Å². The van der Waals surface area contributed by atoms with Crippen LogP contribution in [0.15, 0.2) is 191 Å². The Bertz CT molecular complexity index is 3890. The highest BCUT2D eigenvalue weighted by atomic mass is 16.6. The molecule has 2 aromatic heterocycles. The van der Waals surface area contributed by atoms with Gasteiger partial charge in [-0.1, -0.05) is 59.7 Å². The summed E-state index contributed by atoms with van der Waals surface area (Å²) in [6.07, 6.45) is 8.14. The molecular weight excluding hydrogens is 1030 g/mol. The lowest BCUT2D eigenvalue weighted by molar-refractivity contribution is 0.366. The first-order chi connectivity index (χ1) is 40.0. The topological polar surface area (TPSA) is 158 Å². The number of hydrogen-bond donors (Lipinski definition) is 0. The van der Waals surface area contributed by atoms with Crippen LogP contribution >= 0.6 is 0 Å². The number of ether oxygens (including phenoxy) is 8. The quantitative estimate of drug-likeness (QED) is 0.0747. The largest absolute Gasteiger partial charge is 0.496 e. The van der Waals surface area contributed by atoms with E-state index in [1.165, 1.54) is 11.1 Å². The van der Waals surface area contributed by atoms with Crippen molar-refractivity contribution in [3.05, 3.63) is 215 Å². The molecule has 12 rings (SSSR count). The molecule has 0 spiro atoms. The lowest BCUT2D eigenvalue weighted by Gasteiger charge is -2.14. The van der Waals surface area contributed by atoms with E-state index in [0.717, 1.165) is 61.8 Å². The Morgan fingerprint density at radius 1 is 0.366 bits per heavy atom. The van der Waals surface area contributed by atoms with Gasteiger partial charge in [0.2, 0.25) is 23.6 Å². The maximum absolute atomic E-state index is 6.31. The molecule has 0 N–H and O–H groups in total. The Morgan fingerprint density at radius 2 is 0.683 bits per heavy atom. The second-order valence-corrected chi connectivity index (χ2v) is 19.7. The summed E-state index contributed by atoms with van der Waals surface area (Å²) in [5.74, 6) is 9.06. The van der Waals surface area contributed by atoms with Gasteiger partial charge in [0.1, 0.15) is 69.7 Å². The molecule has 14 heteroatoms. The van der Waals surface area contributed by atoms with Gasteiger partial charge in [0.15, 0.2) is 0 Å². The van der Waals surface area contributed by atoms with E-state index in [9.17, 15) is 0 Å². The van der Waals surface area contributed by atoms with Crippen LogP contribution in [0.25, 0.3) is 58.0 Å². The molecule has 412 valence electrons. The van der Waals surface area contributed by atoms with E-state index >= 15 is 0 Å². The SMILES string of the molecule is C/C=C/c1cc(Oc2ccc(Oc3ccc(-c4nnc(-c5ccc(C)cc5)o4)cc3)c(/C=C/C)c2)ccc1OC.COc1ccc(Oc2ccc(Oc3ccc(-c4nnc(-c5ccc(C)cc5)o4)cc3)c(C3OC3C)c2)cc1C1OC1C. The zero-order valence-corrected chi connectivity index (χ0v) is 46.7. The number of aryl methyl sites for hydroxylation is 2. The maximum atomic E-state index is 6.31. The normalized spacial score (nSPS) is 16.1. The summed E-state index contributed by atoms with van der Waals surface area (Å²) in [6, 6.07) is 54.2. The Hall–Kier alpha value is -9.76. The molecule has 2 saturated heterocycles. The van der Waals surface area contributed by atoms with Crippen molar-refractivity contribution >= 4 is 12.2 Å². The van der Waals surface area contributed by atoms with Crippen LogP contribution in [0.3, 0.4) is 0 Å². The predicted octanol–water partition coefficient (Wildman–Crippen LogP) is 17.6. The van der Waals surface area contributed by atoms with Crippen molar-refractivity contribution in [1.29, 1.82) is 0 Å². The fourth-order valence-corrected chi connectivity index (χ4v) is 9.17. The van der Waals surface area contributed by atoms with Crippen molar-refractivity contribution < 1.29 is 46.7 Å². The number of allylic oxidation sites excluding steroid dienone is 2. The van der Waals surface area contributed by atoms with Crippen LogP contribution in [-0.2, 0) is 9.47 Å². The molecule has 0 radical (unpaired) electrons. The van der Waals surface area contributed by atoms with Crippen LogP contribution in [-0.4, -0.2) is 46.8 Å². The Labute approximate surface area is 476 Å². The molecule has 0 amide bonds. The van der Waals surface area contributed by atoms with Gasteiger partial charge >= 0.3 is 0 Å². The smallest absolute Gasteiger partial charge is 0.248 e. The number of epoxide rings is 2. The van der Waals surface area contributed by atoms with E-state index in [2.05, 4.69) is 20.4 Å². The van der Waals surface area contributed by atoms with E-state index in [1.807, 2.05) is 236 Å². The van der Waals surface area contributed by atoms with Gasteiger partial charge in [-0.2, -0.15) is 0 Å². The van der Waals surface area contributed by atoms with E-state index in [-0.39, 0.29) is 24.4 Å². The Kier molecular flexibility index (Phi) is 16.1. The number of methoxy groups -OCH3 is 2. The van der Waals surface area contributed by atoms with Crippen LogP contribution in [0, 0.1) is 13.8 Å². The van der Waals surface area contributed by atoms with Gasteiger partial charge in [0.25, 0.3) is 0 Å². The number of nitrogens with zero attached hydrogens (tertiary/aromatic N) is 4. The lowest BCUT2D eigenvalue weighted by atomic mass is 10.1. The average Bonchev–Trinajstić information content (AvgIpc) is 4.45. The number of rotatable bonds is 18. The van der Waals surface area contributed by atoms with Gasteiger partial charge < -0.3 is 46.7 Å². The minimum absolute atomic E-state index is 0.0250. The monoisotopic (exact) mass is 1090 g/mol. The summed E-state index contributed by atoms with van der Waals surface area (Å²) < 4.78 is 59.2. The molecule has 4 atom stereocenters. The summed E-state index contributed by atoms with van der Waals surface area (Å²) in [4.78, 5) is 0. The summed E-state index contributed by atoms with van der Waals surface area (Å²) >= 11 is 0. The lowest BCUT2D eigenvalue weighted by Crippen LogP contribution is -1.96. The first-order valence-electron chi connectivity index (χ1n) is 26.9. The van der Waals surface area contributed by atoms with Crippen molar-refractivity contribution in [2.75, 3.05) is 14.2 Å². The third kappa shape index (κ3) is 12.8. The summed E-state index contributed by atoms with van der Waals surface area (Å²) in [5.41, 5.74) is 9.50. The van der Waals surface area contributed by atoms with E-state index in [0.29, 0.717) is 63.8 Å². The van der Waals surface area contributed by atoms with E-state index in [1.54, 1.807) is 14.2 Å². The van der Waals surface area contributed by atoms with Crippen LogP contribution in [0.1, 0.15) is 73.3 Å². The standard InChI is InChI=1S/C34H30N2O6.C34H30N2O4/c1-19-5-7-22(8-6-19)33-35-36-34(42-33)23-9-11-24(12-10-23)41-30-16-14-26(18-28(30)32-21(3)39-32)40-25-13-15-29(37-4)27(17-25)31-20(2)38-31;1-5-7-26-21-29(17-19-31(26)37-4)38-30-18-20-32(27(22-30)8-6-2)39-28-15-13-25(14-16-28)34-36-35-33(40-34)24-11-9-23(3)10-12-24/h5-18,20-21,31-32H,1-4H3;5-22H,1-4H3/b;7-5+,8-6+.